The van der Waals surface area contributed by atoms with Crippen LogP contribution in [0.5, 0.6) is 5.75 Å². The van der Waals surface area contributed by atoms with E-state index in [1.807, 2.05) is 0 Å². The standard InChI is InChI=1S/C12H13F3O3/c1-3-11(2,17)10(16)8-5-4-6-9(7-8)18-12(13,14)15/h4-7,17H,3H2,1-2H3. The first-order chi connectivity index (χ1) is 8.15. The van der Waals surface area contributed by atoms with Crippen molar-refractivity contribution in [1.29, 1.82) is 0 Å². The molecule has 0 radical (unpaired) electrons. The Morgan fingerprint density at radius 2 is 2.00 bits per heavy atom. The summed E-state index contributed by atoms with van der Waals surface area (Å²) < 4.78 is 39.8. The van der Waals surface area contributed by atoms with Crippen molar-refractivity contribution in [2.24, 2.45) is 0 Å². The van der Waals surface area contributed by atoms with Gasteiger partial charge in [-0.2, -0.15) is 0 Å². The second kappa shape index (κ2) is 4.97. The van der Waals surface area contributed by atoms with E-state index >= 15 is 0 Å². The summed E-state index contributed by atoms with van der Waals surface area (Å²) in [7, 11) is 0. The molecule has 0 amide bonds. The maximum absolute atomic E-state index is 12.0. The van der Waals surface area contributed by atoms with E-state index in [0.29, 0.717) is 0 Å². The number of aliphatic hydroxyl groups is 1. The highest BCUT2D eigenvalue weighted by Gasteiger charge is 2.32. The Kier molecular flexibility index (Phi) is 4.01. The lowest BCUT2D eigenvalue weighted by molar-refractivity contribution is -0.274. The number of carbonyl (C=O) groups is 1. The minimum Gasteiger partial charge on any atom is -0.406 e. The summed E-state index contributed by atoms with van der Waals surface area (Å²) in [6.45, 7) is 2.92. The monoisotopic (exact) mass is 262 g/mol. The lowest BCUT2D eigenvalue weighted by Gasteiger charge is -2.19. The van der Waals surface area contributed by atoms with Crippen molar-refractivity contribution in [3.8, 4) is 5.75 Å². The van der Waals surface area contributed by atoms with E-state index in [-0.39, 0.29) is 12.0 Å². The fourth-order valence-corrected chi connectivity index (χ4v) is 1.31. The summed E-state index contributed by atoms with van der Waals surface area (Å²) in [5.74, 6) is -1.13. The minimum absolute atomic E-state index is 0.0244. The van der Waals surface area contributed by atoms with Crippen LogP contribution in [0.4, 0.5) is 13.2 Å². The highest BCUT2D eigenvalue weighted by atomic mass is 19.4. The van der Waals surface area contributed by atoms with Crippen molar-refractivity contribution in [1.82, 2.24) is 0 Å². The topological polar surface area (TPSA) is 46.5 Å². The third kappa shape index (κ3) is 3.73. The van der Waals surface area contributed by atoms with Gasteiger partial charge in [-0.3, -0.25) is 4.79 Å². The van der Waals surface area contributed by atoms with Gasteiger partial charge in [-0.15, -0.1) is 13.2 Å². The van der Waals surface area contributed by atoms with Crippen LogP contribution in [0.3, 0.4) is 0 Å². The molecule has 3 nitrogen and oxygen atoms in total. The molecule has 100 valence electrons. The van der Waals surface area contributed by atoms with E-state index in [2.05, 4.69) is 4.74 Å². The lowest BCUT2D eigenvalue weighted by atomic mass is 9.92. The molecule has 1 rings (SSSR count). The largest absolute Gasteiger partial charge is 0.573 e. The molecule has 1 aromatic rings. The van der Waals surface area contributed by atoms with E-state index in [4.69, 9.17) is 0 Å². The first-order valence-corrected chi connectivity index (χ1v) is 5.28. The molecular weight excluding hydrogens is 249 g/mol. The molecule has 0 fully saturated rings. The summed E-state index contributed by atoms with van der Waals surface area (Å²) >= 11 is 0. The van der Waals surface area contributed by atoms with Gasteiger partial charge in [0.2, 0.25) is 0 Å². The molecule has 0 saturated heterocycles. The Hall–Kier alpha value is -1.56. The highest BCUT2D eigenvalue weighted by molar-refractivity contribution is 6.02. The Balaban J connectivity index is 2.99. The number of rotatable bonds is 4. The van der Waals surface area contributed by atoms with Crippen LogP contribution in [0.15, 0.2) is 24.3 Å². The molecule has 0 heterocycles. The molecule has 0 saturated carbocycles. The van der Waals surface area contributed by atoms with Crippen molar-refractivity contribution < 1.29 is 27.8 Å². The maximum atomic E-state index is 12.0. The molecule has 0 aliphatic rings. The van der Waals surface area contributed by atoms with Crippen LogP contribution in [0.2, 0.25) is 0 Å². The fraction of sp³-hybridized carbons (Fsp3) is 0.417. The number of ether oxygens (including phenoxy) is 1. The second-order valence-electron chi connectivity index (χ2n) is 4.03. The van der Waals surface area contributed by atoms with Gasteiger partial charge in [-0.1, -0.05) is 19.1 Å². The smallest absolute Gasteiger partial charge is 0.406 e. The Morgan fingerprint density at radius 1 is 1.39 bits per heavy atom. The first-order valence-electron chi connectivity index (χ1n) is 5.28. The van der Waals surface area contributed by atoms with E-state index in [9.17, 15) is 23.1 Å². The van der Waals surface area contributed by atoms with Gasteiger partial charge in [0, 0.05) is 5.56 Å². The number of carbonyl (C=O) groups excluding carboxylic acids is 1. The third-order valence-electron chi connectivity index (χ3n) is 2.51. The maximum Gasteiger partial charge on any atom is 0.573 e. The predicted molar refractivity (Wildman–Crippen MR) is 58.4 cm³/mol. The first kappa shape index (κ1) is 14.5. The number of benzene rings is 1. The van der Waals surface area contributed by atoms with Crippen molar-refractivity contribution in [3.63, 3.8) is 0 Å². The molecule has 0 aromatic heterocycles. The molecule has 6 heteroatoms. The summed E-state index contributed by atoms with van der Waals surface area (Å²) in [5, 5.41) is 9.76. The quantitative estimate of drug-likeness (QED) is 0.848. The molecule has 0 aliphatic heterocycles. The predicted octanol–water partition coefficient (Wildman–Crippen LogP) is 2.93. The van der Waals surface area contributed by atoms with Crippen LogP contribution >= 0.6 is 0 Å². The Morgan fingerprint density at radius 3 is 2.50 bits per heavy atom. The highest BCUT2D eigenvalue weighted by Crippen LogP contribution is 2.25. The Bertz CT molecular complexity index is 438. The zero-order chi connectivity index (χ0) is 14.0. The molecule has 1 aromatic carbocycles. The van der Waals surface area contributed by atoms with E-state index in [1.54, 1.807) is 6.92 Å². The van der Waals surface area contributed by atoms with Gasteiger partial charge in [0.05, 0.1) is 0 Å². The number of halogens is 3. The van der Waals surface area contributed by atoms with Gasteiger partial charge >= 0.3 is 6.36 Å². The minimum atomic E-state index is -4.81. The van der Waals surface area contributed by atoms with Crippen molar-refractivity contribution >= 4 is 5.78 Å². The zero-order valence-corrected chi connectivity index (χ0v) is 9.91. The number of alkyl halides is 3. The van der Waals surface area contributed by atoms with Gasteiger partial charge in [0.15, 0.2) is 5.78 Å². The number of hydrogen-bond acceptors (Lipinski definition) is 3. The van der Waals surface area contributed by atoms with Crippen LogP contribution in [0, 0.1) is 0 Å². The zero-order valence-electron chi connectivity index (χ0n) is 9.91. The van der Waals surface area contributed by atoms with Crippen LogP contribution in [0.25, 0.3) is 0 Å². The molecule has 1 unspecified atom stereocenters. The van der Waals surface area contributed by atoms with Gasteiger partial charge in [-0.25, -0.2) is 0 Å². The van der Waals surface area contributed by atoms with Gasteiger partial charge in [0.25, 0.3) is 0 Å². The number of ketones is 1. The average molecular weight is 262 g/mol. The third-order valence-corrected chi connectivity index (χ3v) is 2.51. The number of Topliss-reactive ketones (excluding diaryl/α,β-unsaturated/α-hetero) is 1. The molecule has 1 N–H and O–H groups in total. The van der Waals surface area contributed by atoms with Crippen LogP contribution in [0.1, 0.15) is 30.6 Å². The van der Waals surface area contributed by atoms with Gasteiger partial charge in [-0.05, 0) is 25.5 Å². The van der Waals surface area contributed by atoms with Gasteiger partial charge in [0.1, 0.15) is 11.4 Å². The van der Waals surface area contributed by atoms with Crippen LogP contribution in [-0.2, 0) is 0 Å². The fourth-order valence-electron chi connectivity index (χ4n) is 1.31. The van der Waals surface area contributed by atoms with E-state index < -0.39 is 23.5 Å². The molecule has 1 atom stereocenters. The summed E-state index contributed by atoms with van der Waals surface area (Å²) in [5.41, 5.74) is -1.62. The molecule has 0 bridgehead atoms. The summed E-state index contributed by atoms with van der Waals surface area (Å²) in [6, 6.07) is 4.64. The summed E-state index contributed by atoms with van der Waals surface area (Å²) in [6.07, 6.45) is -4.65. The average Bonchev–Trinajstić information content (AvgIpc) is 2.26. The van der Waals surface area contributed by atoms with Gasteiger partial charge < -0.3 is 9.84 Å². The van der Waals surface area contributed by atoms with Crippen molar-refractivity contribution in [3.05, 3.63) is 29.8 Å². The molecular formula is C12H13F3O3. The SMILES string of the molecule is CCC(C)(O)C(=O)c1cccc(OC(F)(F)F)c1. The Labute approximate surface area is 102 Å². The van der Waals surface area contributed by atoms with Crippen molar-refractivity contribution in [2.45, 2.75) is 32.2 Å². The lowest BCUT2D eigenvalue weighted by Crippen LogP contribution is -2.34. The van der Waals surface area contributed by atoms with E-state index in [0.717, 1.165) is 12.1 Å². The van der Waals surface area contributed by atoms with Crippen LogP contribution in [-0.4, -0.2) is 22.9 Å². The summed E-state index contributed by atoms with van der Waals surface area (Å²) in [4.78, 5) is 11.8. The van der Waals surface area contributed by atoms with Crippen molar-refractivity contribution in [2.75, 3.05) is 0 Å². The number of hydrogen-bond donors (Lipinski definition) is 1. The van der Waals surface area contributed by atoms with Crippen LogP contribution < -0.4 is 4.74 Å². The molecule has 0 spiro atoms. The molecule has 0 aliphatic carbocycles. The van der Waals surface area contributed by atoms with E-state index in [1.165, 1.54) is 19.1 Å². The molecule has 18 heavy (non-hydrogen) atoms. The second-order valence-corrected chi connectivity index (χ2v) is 4.03. The normalized spacial score (nSPS) is 15.0.